The van der Waals surface area contributed by atoms with Crippen molar-refractivity contribution in [3.63, 3.8) is 0 Å². The predicted molar refractivity (Wildman–Crippen MR) is 42.5 cm³/mol. The van der Waals surface area contributed by atoms with Crippen LogP contribution in [0.25, 0.3) is 0 Å². The second-order valence-corrected chi connectivity index (χ2v) is 2.10. The number of rotatable bonds is 2. The third kappa shape index (κ3) is 1.99. The minimum atomic E-state index is 0.950. The van der Waals surface area contributed by atoms with E-state index in [1.54, 1.807) is 0 Å². The lowest BCUT2D eigenvalue weighted by molar-refractivity contribution is 0.724. The second kappa shape index (κ2) is 3.79. The average molecular weight is 133 g/mol. The normalized spacial score (nSPS) is 8.50. The SMILES string of the molecule is CC#CCCn1cccc1. The fourth-order valence-electron chi connectivity index (χ4n) is 0.829. The molecule has 0 fully saturated rings. The molecule has 0 saturated carbocycles. The van der Waals surface area contributed by atoms with Gasteiger partial charge in [-0.05, 0) is 19.1 Å². The number of hydrogen-bond acceptors (Lipinski definition) is 0. The highest BCUT2D eigenvalue weighted by atomic mass is 14.9. The Bertz CT molecular complexity index is 223. The van der Waals surface area contributed by atoms with Gasteiger partial charge in [-0.25, -0.2) is 0 Å². The largest absolute Gasteiger partial charge is 0.353 e. The van der Waals surface area contributed by atoms with E-state index in [2.05, 4.69) is 28.8 Å². The Balaban J connectivity index is 2.32. The summed E-state index contributed by atoms with van der Waals surface area (Å²) in [7, 11) is 0. The molecule has 0 radical (unpaired) electrons. The molecule has 0 aliphatic heterocycles. The minimum absolute atomic E-state index is 0.950. The number of hydrogen-bond donors (Lipinski definition) is 0. The lowest BCUT2D eigenvalue weighted by Crippen LogP contribution is -1.91. The zero-order valence-electron chi connectivity index (χ0n) is 6.17. The molecule has 1 aromatic heterocycles. The van der Waals surface area contributed by atoms with Crippen molar-refractivity contribution in [3.8, 4) is 11.8 Å². The Morgan fingerprint density at radius 2 is 2.00 bits per heavy atom. The van der Waals surface area contributed by atoms with Gasteiger partial charge in [-0.2, -0.15) is 0 Å². The van der Waals surface area contributed by atoms with Crippen LogP contribution in [-0.4, -0.2) is 4.57 Å². The van der Waals surface area contributed by atoms with Crippen molar-refractivity contribution >= 4 is 0 Å². The Labute approximate surface area is 61.7 Å². The Morgan fingerprint density at radius 1 is 1.30 bits per heavy atom. The highest BCUT2D eigenvalue weighted by Crippen LogP contribution is 1.91. The fraction of sp³-hybridized carbons (Fsp3) is 0.333. The summed E-state index contributed by atoms with van der Waals surface area (Å²) in [4.78, 5) is 0. The van der Waals surface area contributed by atoms with Gasteiger partial charge in [0.15, 0.2) is 0 Å². The molecule has 1 nitrogen and oxygen atoms in total. The molecule has 0 aromatic carbocycles. The molecule has 0 saturated heterocycles. The summed E-state index contributed by atoms with van der Waals surface area (Å²) in [6.45, 7) is 2.88. The molecule has 0 spiro atoms. The number of aryl methyl sites for hydroxylation is 1. The zero-order chi connectivity index (χ0) is 7.23. The first kappa shape index (κ1) is 6.95. The summed E-state index contributed by atoms with van der Waals surface area (Å²) in [5.74, 6) is 5.88. The molecule has 0 aliphatic rings. The van der Waals surface area contributed by atoms with Gasteiger partial charge >= 0.3 is 0 Å². The molecule has 1 heteroatoms. The number of nitrogens with zero attached hydrogens (tertiary/aromatic N) is 1. The van der Waals surface area contributed by atoms with Crippen LogP contribution in [0.15, 0.2) is 24.5 Å². The van der Waals surface area contributed by atoms with Crippen LogP contribution in [0.1, 0.15) is 13.3 Å². The van der Waals surface area contributed by atoms with E-state index in [-0.39, 0.29) is 0 Å². The topological polar surface area (TPSA) is 4.93 Å². The van der Waals surface area contributed by atoms with Crippen LogP contribution < -0.4 is 0 Å². The van der Waals surface area contributed by atoms with Crippen LogP contribution in [0, 0.1) is 11.8 Å². The first-order valence-corrected chi connectivity index (χ1v) is 3.44. The predicted octanol–water partition coefficient (Wildman–Crippen LogP) is 1.90. The Morgan fingerprint density at radius 3 is 2.60 bits per heavy atom. The van der Waals surface area contributed by atoms with Gasteiger partial charge in [-0.15, -0.1) is 11.8 Å². The molecule has 1 rings (SSSR count). The smallest absolute Gasteiger partial charge is 0.0329 e. The summed E-state index contributed by atoms with van der Waals surface area (Å²) in [6, 6.07) is 4.05. The standard InChI is InChI=1S/C9H11N/c1-2-3-4-7-10-8-5-6-9-10/h5-6,8-9H,4,7H2,1H3. The summed E-state index contributed by atoms with van der Waals surface area (Å²) < 4.78 is 2.13. The van der Waals surface area contributed by atoms with Gasteiger partial charge < -0.3 is 4.57 Å². The Hall–Kier alpha value is -1.16. The molecular weight excluding hydrogens is 122 g/mol. The van der Waals surface area contributed by atoms with Gasteiger partial charge in [-0.1, -0.05) is 0 Å². The van der Waals surface area contributed by atoms with Crippen molar-refractivity contribution in [1.82, 2.24) is 4.57 Å². The average Bonchev–Trinajstić information content (AvgIpc) is 2.41. The Kier molecular flexibility index (Phi) is 2.63. The third-order valence-electron chi connectivity index (χ3n) is 1.34. The molecule has 0 bridgehead atoms. The number of aromatic nitrogens is 1. The molecule has 0 aliphatic carbocycles. The summed E-state index contributed by atoms with van der Waals surface area (Å²) in [5.41, 5.74) is 0. The van der Waals surface area contributed by atoms with Crippen molar-refractivity contribution in [2.75, 3.05) is 0 Å². The maximum atomic E-state index is 3.02. The van der Waals surface area contributed by atoms with Gasteiger partial charge in [0.25, 0.3) is 0 Å². The quantitative estimate of drug-likeness (QED) is 0.543. The summed E-state index contributed by atoms with van der Waals surface area (Å²) >= 11 is 0. The maximum Gasteiger partial charge on any atom is 0.0329 e. The molecule has 10 heavy (non-hydrogen) atoms. The van der Waals surface area contributed by atoms with E-state index >= 15 is 0 Å². The van der Waals surface area contributed by atoms with Crippen molar-refractivity contribution in [1.29, 1.82) is 0 Å². The van der Waals surface area contributed by atoms with Crippen molar-refractivity contribution in [2.45, 2.75) is 19.9 Å². The minimum Gasteiger partial charge on any atom is -0.353 e. The van der Waals surface area contributed by atoms with Gasteiger partial charge in [0.1, 0.15) is 0 Å². The van der Waals surface area contributed by atoms with Crippen LogP contribution in [0.2, 0.25) is 0 Å². The zero-order valence-corrected chi connectivity index (χ0v) is 6.17. The van der Waals surface area contributed by atoms with Crippen LogP contribution >= 0.6 is 0 Å². The van der Waals surface area contributed by atoms with E-state index in [0.29, 0.717) is 0 Å². The molecule has 1 heterocycles. The van der Waals surface area contributed by atoms with E-state index < -0.39 is 0 Å². The van der Waals surface area contributed by atoms with Crippen LogP contribution in [0.4, 0.5) is 0 Å². The van der Waals surface area contributed by atoms with Crippen molar-refractivity contribution in [2.24, 2.45) is 0 Å². The monoisotopic (exact) mass is 133 g/mol. The highest BCUT2D eigenvalue weighted by Gasteiger charge is 1.83. The third-order valence-corrected chi connectivity index (χ3v) is 1.34. The molecular formula is C9H11N. The molecule has 0 unspecified atom stereocenters. The summed E-state index contributed by atoms with van der Waals surface area (Å²) in [5, 5.41) is 0. The molecule has 0 N–H and O–H groups in total. The molecule has 1 aromatic rings. The van der Waals surface area contributed by atoms with E-state index in [4.69, 9.17) is 0 Å². The van der Waals surface area contributed by atoms with E-state index in [0.717, 1.165) is 13.0 Å². The fourth-order valence-corrected chi connectivity index (χ4v) is 0.829. The van der Waals surface area contributed by atoms with E-state index in [1.807, 2.05) is 19.1 Å². The van der Waals surface area contributed by atoms with Gasteiger partial charge in [-0.3, -0.25) is 0 Å². The molecule has 0 amide bonds. The van der Waals surface area contributed by atoms with Crippen molar-refractivity contribution < 1.29 is 0 Å². The molecule has 52 valence electrons. The first-order chi connectivity index (χ1) is 4.93. The van der Waals surface area contributed by atoms with Crippen LogP contribution in [0.3, 0.4) is 0 Å². The maximum absolute atomic E-state index is 3.02. The van der Waals surface area contributed by atoms with Crippen LogP contribution in [0.5, 0.6) is 0 Å². The first-order valence-electron chi connectivity index (χ1n) is 3.44. The van der Waals surface area contributed by atoms with Gasteiger partial charge in [0.2, 0.25) is 0 Å². The molecule has 0 atom stereocenters. The lowest BCUT2D eigenvalue weighted by atomic mass is 10.4. The van der Waals surface area contributed by atoms with E-state index in [1.165, 1.54) is 0 Å². The van der Waals surface area contributed by atoms with Crippen molar-refractivity contribution in [3.05, 3.63) is 24.5 Å². The van der Waals surface area contributed by atoms with E-state index in [9.17, 15) is 0 Å². The van der Waals surface area contributed by atoms with Crippen LogP contribution in [-0.2, 0) is 6.54 Å². The second-order valence-electron chi connectivity index (χ2n) is 2.10. The van der Waals surface area contributed by atoms with Gasteiger partial charge in [0.05, 0.1) is 0 Å². The summed E-state index contributed by atoms with van der Waals surface area (Å²) in [6.07, 6.45) is 5.06. The van der Waals surface area contributed by atoms with Gasteiger partial charge in [0, 0.05) is 25.4 Å². The highest BCUT2D eigenvalue weighted by molar-refractivity contribution is 4.96. The lowest BCUT2D eigenvalue weighted by Gasteiger charge is -1.94.